The van der Waals surface area contributed by atoms with Crippen LogP contribution in [0.5, 0.6) is 0 Å². The minimum absolute atomic E-state index is 0.136. The standard InChI is InChI=1S/C20H23BrFN3O/c1-15-3-2-4-16(11-15)13-24-7-9-25(10-8-24)14-20(26)23-19-6-5-17(21)12-18(19)22/h2-6,11-12H,7-10,13-14H2,1H3,(H,23,26)/p+2. The fourth-order valence-electron chi connectivity index (χ4n) is 3.43. The molecular formula is C20H25BrFN3O+2. The summed E-state index contributed by atoms with van der Waals surface area (Å²) in [5.74, 6) is -0.557. The first-order valence-electron chi connectivity index (χ1n) is 8.97. The van der Waals surface area contributed by atoms with Crippen LogP contribution in [0, 0.1) is 12.7 Å². The van der Waals surface area contributed by atoms with Gasteiger partial charge in [0.05, 0.1) is 5.69 Å². The van der Waals surface area contributed by atoms with Crippen molar-refractivity contribution in [2.45, 2.75) is 13.5 Å². The van der Waals surface area contributed by atoms with Crippen molar-refractivity contribution in [1.82, 2.24) is 0 Å². The Kier molecular flexibility index (Phi) is 6.40. The van der Waals surface area contributed by atoms with Crippen molar-refractivity contribution >= 4 is 27.5 Å². The number of aryl methyl sites for hydroxylation is 1. The lowest BCUT2D eigenvalue weighted by Gasteiger charge is -2.29. The Balaban J connectivity index is 1.45. The molecule has 1 amide bonds. The van der Waals surface area contributed by atoms with Gasteiger partial charge in [0.15, 0.2) is 6.54 Å². The van der Waals surface area contributed by atoms with Crippen LogP contribution in [0.15, 0.2) is 46.9 Å². The van der Waals surface area contributed by atoms with Gasteiger partial charge in [-0.3, -0.25) is 4.79 Å². The SMILES string of the molecule is Cc1cccc(C[NH+]2CC[NH+](CC(=O)Nc3ccc(Br)cc3F)CC2)c1. The maximum atomic E-state index is 13.8. The number of carbonyl (C=O) groups is 1. The molecule has 1 saturated heterocycles. The fourth-order valence-corrected chi connectivity index (χ4v) is 3.77. The number of carbonyl (C=O) groups excluding carboxylic acids is 1. The van der Waals surface area contributed by atoms with Gasteiger partial charge in [0.25, 0.3) is 5.91 Å². The molecule has 2 aromatic rings. The third-order valence-electron chi connectivity index (χ3n) is 4.82. The molecule has 0 radical (unpaired) electrons. The first kappa shape index (κ1) is 19.0. The molecule has 0 atom stereocenters. The van der Waals surface area contributed by atoms with E-state index in [1.807, 2.05) is 0 Å². The summed E-state index contributed by atoms with van der Waals surface area (Å²) in [6, 6.07) is 13.3. The van der Waals surface area contributed by atoms with Crippen molar-refractivity contribution in [3.8, 4) is 0 Å². The molecule has 0 bridgehead atoms. The number of hydrogen-bond acceptors (Lipinski definition) is 1. The second kappa shape index (κ2) is 8.75. The molecule has 0 unspecified atom stereocenters. The third-order valence-corrected chi connectivity index (χ3v) is 5.31. The molecule has 3 rings (SSSR count). The van der Waals surface area contributed by atoms with Crippen molar-refractivity contribution in [2.24, 2.45) is 0 Å². The summed E-state index contributed by atoms with van der Waals surface area (Å²) in [6.07, 6.45) is 0. The second-order valence-electron chi connectivity index (χ2n) is 7.01. The number of nitrogens with one attached hydrogen (secondary N) is 3. The quantitative estimate of drug-likeness (QED) is 0.656. The average molecular weight is 422 g/mol. The van der Waals surface area contributed by atoms with Crippen molar-refractivity contribution in [1.29, 1.82) is 0 Å². The fraction of sp³-hybridized carbons (Fsp3) is 0.350. The molecule has 138 valence electrons. The largest absolute Gasteiger partial charge is 0.322 e. The predicted molar refractivity (Wildman–Crippen MR) is 104 cm³/mol. The number of quaternary nitrogens is 2. The first-order chi connectivity index (χ1) is 12.5. The Labute approximate surface area is 162 Å². The summed E-state index contributed by atoms with van der Waals surface area (Å²) in [7, 11) is 0. The third kappa shape index (κ3) is 5.37. The van der Waals surface area contributed by atoms with Crippen molar-refractivity contribution in [3.05, 3.63) is 63.9 Å². The van der Waals surface area contributed by atoms with Crippen LogP contribution in [-0.2, 0) is 11.3 Å². The van der Waals surface area contributed by atoms with Crippen LogP contribution in [0.2, 0.25) is 0 Å². The Bertz CT molecular complexity index is 775. The zero-order valence-corrected chi connectivity index (χ0v) is 16.5. The van der Waals surface area contributed by atoms with E-state index >= 15 is 0 Å². The van der Waals surface area contributed by atoms with Crippen LogP contribution in [0.3, 0.4) is 0 Å². The van der Waals surface area contributed by atoms with Gasteiger partial charge in [-0.2, -0.15) is 0 Å². The van der Waals surface area contributed by atoms with Crippen LogP contribution in [0.25, 0.3) is 0 Å². The van der Waals surface area contributed by atoms with Gasteiger partial charge in [0.1, 0.15) is 38.5 Å². The first-order valence-corrected chi connectivity index (χ1v) is 9.76. The van der Waals surface area contributed by atoms with Crippen LogP contribution in [-0.4, -0.2) is 38.6 Å². The van der Waals surface area contributed by atoms with Crippen LogP contribution in [0.4, 0.5) is 10.1 Å². The Morgan fingerprint density at radius 2 is 1.85 bits per heavy atom. The van der Waals surface area contributed by atoms with Gasteiger partial charge in [0, 0.05) is 10.0 Å². The van der Waals surface area contributed by atoms with E-state index in [0.29, 0.717) is 11.0 Å². The molecule has 26 heavy (non-hydrogen) atoms. The van der Waals surface area contributed by atoms with Crippen LogP contribution >= 0.6 is 15.9 Å². The predicted octanol–water partition coefficient (Wildman–Crippen LogP) is 0.819. The molecular weight excluding hydrogens is 397 g/mol. The normalized spacial score (nSPS) is 20.0. The number of piperazine rings is 1. The number of amides is 1. The van der Waals surface area contributed by atoms with Crippen LogP contribution in [0.1, 0.15) is 11.1 Å². The summed E-state index contributed by atoms with van der Waals surface area (Å²) < 4.78 is 14.5. The topological polar surface area (TPSA) is 38.0 Å². The summed E-state index contributed by atoms with van der Waals surface area (Å²) in [4.78, 5) is 15.0. The maximum Gasteiger partial charge on any atom is 0.279 e. The average Bonchev–Trinajstić information content (AvgIpc) is 2.59. The molecule has 1 aliphatic rings. The minimum atomic E-state index is -0.421. The van der Waals surface area contributed by atoms with Crippen molar-refractivity contribution in [2.75, 3.05) is 38.0 Å². The maximum absolute atomic E-state index is 13.8. The zero-order valence-electron chi connectivity index (χ0n) is 14.9. The van der Waals surface area contributed by atoms with Gasteiger partial charge in [0.2, 0.25) is 0 Å². The lowest BCUT2D eigenvalue weighted by atomic mass is 10.1. The summed E-state index contributed by atoms with van der Waals surface area (Å²) in [5, 5.41) is 2.68. The van der Waals surface area contributed by atoms with Gasteiger partial charge in [-0.15, -0.1) is 0 Å². The smallest absolute Gasteiger partial charge is 0.279 e. The molecule has 1 fully saturated rings. The lowest BCUT2D eigenvalue weighted by molar-refractivity contribution is -1.02. The van der Waals surface area contributed by atoms with E-state index in [-0.39, 0.29) is 11.6 Å². The molecule has 0 aromatic heterocycles. The summed E-state index contributed by atoms with van der Waals surface area (Å²) in [5.41, 5.74) is 2.90. The van der Waals surface area contributed by atoms with E-state index in [2.05, 4.69) is 52.4 Å². The minimum Gasteiger partial charge on any atom is -0.322 e. The lowest BCUT2D eigenvalue weighted by Crippen LogP contribution is -3.28. The molecule has 0 aliphatic carbocycles. The molecule has 0 spiro atoms. The molecule has 3 N–H and O–H groups in total. The number of benzene rings is 2. The molecule has 1 heterocycles. The van der Waals surface area contributed by atoms with E-state index < -0.39 is 5.82 Å². The highest BCUT2D eigenvalue weighted by Gasteiger charge is 2.25. The molecule has 2 aromatic carbocycles. The molecule has 0 saturated carbocycles. The van der Waals surface area contributed by atoms with E-state index in [9.17, 15) is 9.18 Å². The van der Waals surface area contributed by atoms with Crippen molar-refractivity contribution < 1.29 is 19.0 Å². The number of hydrogen-bond donors (Lipinski definition) is 3. The number of anilines is 1. The second-order valence-corrected chi connectivity index (χ2v) is 7.93. The molecule has 1 aliphatic heterocycles. The summed E-state index contributed by atoms with van der Waals surface area (Å²) >= 11 is 3.22. The summed E-state index contributed by atoms with van der Waals surface area (Å²) in [6.45, 7) is 7.54. The van der Waals surface area contributed by atoms with E-state index in [4.69, 9.17) is 0 Å². The highest BCUT2D eigenvalue weighted by molar-refractivity contribution is 9.10. The molecule has 6 heteroatoms. The van der Waals surface area contributed by atoms with E-state index in [1.54, 1.807) is 17.0 Å². The van der Waals surface area contributed by atoms with Crippen LogP contribution < -0.4 is 15.1 Å². The monoisotopic (exact) mass is 421 g/mol. The van der Waals surface area contributed by atoms with Gasteiger partial charge >= 0.3 is 0 Å². The van der Waals surface area contributed by atoms with E-state index in [0.717, 1.165) is 32.7 Å². The Morgan fingerprint density at radius 1 is 1.12 bits per heavy atom. The highest BCUT2D eigenvalue weighted by Crippen LogP contribution is 2.18. The van der Waals surface area contributed by atoms with Gasteiger partial charge in [-0.05, 0) is 25.1 Å². The highest BCUT2D eigenvalue weighted by atomic mass is 79.9. The van der Waals surface area contributed by atoms with Gasteiger partial charge in [-0.1, -0.05) is 45.8 Å². The van der Waals surface area contributed by atoms with Crippen molar-refractivity contribution in [3.63, 3.8) is 0 Å². The molecule has 4 nitrogen and oxygen atoms in total. The van der Waals surface area contributed by atoms with Gasteiger partial charge < -0.3 is 15.1 Å². The zero-order chi connectivity index (χ0) is 18.5. The Hall–Kier alpha value is -1.76. The number of rotatable bonds is 5. The van der Waals surface area contributed by atoms with Gasteiger partial charge in [-0.25, -0.2) is 4.39 Å². The Morgan fingerprint density at radius 3 is 2.54 bits per heavy atom. The number of halogens is 2. The van der Waals surface area contributed by atoms with E-state index in [1.165, 1.54) is 22.1 Å².